The predicted octanol–water partition coefficient (Wildman–Crippen LogP) is 2.62. The number of aliphatic hydroxyl groups excluding tert-OH is 1. The first-order chi connectivity index (χ1) is 17.6. The Hall–Kier alpha value is -2.72. The molecule has 0 bridgehead atoms. The molecule has 0 saturated carbocycles. The van der Waals surface area contributed by atoms with E-state index in [-0.39, 0.29) is 11.3 Å². The lowest BCUT2D eigenvalue weighted by atomic mass is 10.0. The van der Waals surface area contributed by atoms with Crippen LogP contribution >= 0.6 is 7.60 Å². The van der Waals surface area contributed by atoms with Crippen molar-refractivity contribution in [2.45, 2.75) is 59.2 Å². The smallest absolute Gasteiger partial charge is 0.380 e. The normalized spacial score (nSPS) is 25.5. The topological polar surface area (TPSA) is 146 Å². The van der Waals surface area contributed by atoms with E-state index >= 15 is 0 Å². The van der Waals surface area contributed by atoms with Gasteiger partial charge in [-0.25, -0.2) is 9.36 Å². The van der Waals surface area contributed by atoms with E-state index in [1.54, 1.807) is 32.0 Å². The van der Waals surface area contributed by atoms with Crippen LogP contribution in [0.4, 0.5) is 0 Å². The van der Waals surface area contributed by atoms with Crippen LogP contribution in [0.5, 0.6) is 5.75 Å². The summed E-state index contributed by atoms with van der Waals surface area (Å²) in [4.78, 5) is 38.7. The number of rotatable bonds is 10. The fraction of sp³-hybridized carbons (Fsp3) is 0.542. The number of H-pyrrole nitrogens is 1. The monoisotopic (exact) mass is 526 g/mol. The van der Waals surface area contributed by atoms with E-state index in [1.807, 2.05) is 0 Å². The number of hydrogen-bond donors (Lipinski definition) is 2. The maximum atomic E-state index is 13.9. The average Bonchev–Trinajstić information content (AvgIpc) is 3.11. The first-order valence-corrected chi connectivity index (χ1v) is 13.3. The number of nitrogens with zero attached hydrogens (tertiary/aromatic N) is 1. The maximum Gasteiger partial charge on any atom is 0.380 e. The molecule has 1 fully saturated rings. The van der Waals surface area contributed by atoms with Gasteiger partial charge in [0.15, 0.2) is 0 Å². The molecule has 3 rings (SSSR count). The van der Waals surface area contributed by atoms with Crippen molar-refractivity contribution < 1.29 is 35.7 Å². The van der Waals surface area contributed by atoms with Gasteiger partial charge in [0.2, 0.25) is 0 Å². The number of benzene rings is 1. The minimum Gasteiger partial charge on any atom is -0.463 e. The predicted molar refractivity (Wildman–Crippen MR) is 131 cm³/mol. The van der Waals surface area contributed by atoms with Crippen LogP contribution in [0, 0.1) is 18.8 Å². The summed E-state index contributed by atoms with van der Waals surface area (Å²) >= 11 is 0. The Morgan fingerprint density at radius 3 is 2.58 bits per heavy atom. The number of aromatic amines is 1. The first-order valence-electron chi connectivity index (χ1n) is 12.5. The summed E-state index contributed by atoms with van der Waals surface area (Å²) in [5.41, 5.74) is -1.18. The van der Waals surface area contributed by atoms with Crippen LogP contribution in [0.3, 0.4) is 0 Å². The highest BCUT2D eigenvalue weighted by atomic mass is 31.2. The molecule has 11 nitrogen and oxygen atoms in total. The number of aromatic nitrogens is 2. The van der Waals surface area contributed by atoms with E-state index in [2.05, 4.69) is 4.98 Å². The molecule has 198 valence electrons. The molecule has 12 heteroatoms. The Bertz CT molecular complexity index is 1300. The highest BCUT2D eigenvalue weighted by Crippen LogP contribution is 2.51. The Morgan fingerprint density at radius 1 is 1.28 bits per heavy atom. The third kappa shape index (κ3) is 6.73. The zero-order chi connectivity index (χ0) is 28.4. The molecule has 2 aromatic rings. The Balaban J connectivity index is 1.90. The zero-order valence-electron chi connectivity index (χ0n) is 22.7. The van der Waals surface area contributed by atoms with E-state index < -0.39 is 73.9 Å². The van der Waals surface area contributed by atoms with Gasteiger partial charge in [0.05, 0.1) is 33.6 Å². The molecule has 0 radical (unpaired) electrons. The van der Waals surface area contributed by atoms with Gasteiger partial charge in [0, 0.05) is 17.7 Å². The molecule has 1 unspecified atom stereocenters. The number of esters is 1. The molecule has 1 aliphatic rings. The van der Waals surface area contributed by atoms with E-state index in [0.29, 0.717) is 0 Å². The van der Waals surface area contributed by atoms with Crippen LogP contribution in [0.15, 0.2) is 46.1 Å². The second-order valence-electron chi connectivity index (χ2n) is 9.07. The molecule has 2 N–H and O–H groups in total. The SMILES string of the molecule is [2H]C([2H])(O[P@@](=O)(C[C@@H](C)C(=O)OC(C)C)Oc1ccccc1)[C@@H]1O[C@H](n2cc(C)c(=O)[nH]c2=O)[C@H](C)C1O. The molecule has 2 heterocycles. The van der Waals surface area contributed by atoms with E-state index in [0.717, 1.165) is 4.57 Å². The number of nitrogens with one attached hydrogen (secondary N) is 1. The molecule has 36 heavy (non-hydrogen) atoms. The van der Waals surface area contributed by atoms with E-state index in [4.69, 9.17) is 21.3 Å². The molecule has 0 amide bonds. The standard InChI is InChI=1S/C24H33N2O9P/c1-14(2)33-23(29)16(4)13-36(31,35-18-9-7-6-8-10-18)32-12-19-20(27)17(5)22(34-19)26-11-15(3)21(28)25-24(26)30/h6-11,14,16-17,19-20,22,27H,12-13H2,1-5H3,(H,25,28,30)/t16-,17-,19+,20?,22+,36+/m1/s1/i12D2. The number of aryl methyl sites for hydroxylation is 1. The lowest BCUT2D eigenvalue weighted by molar-refractivity contribution is -0.151. The summed E-state index contributed by atoms with van der Waals surface area (Å²) in [6.45, 7) is 4.89. The third-order valence-electron chi connectivity index (χ3n) is 5.55. The number of para-hydroxylation sites is 1. The summed E-state index contributed by atoms with van der Waals surface area (Å²) in [5, 5.41) is 10.9. The first kappa shape index (κ1) is 25.0. The van der Waals surface area contributed by atoms with Gasteiger partial charge in [0.25, 0.3) is 5.56 Å². The van der Waals surface area contributed by atoms with Crippen molar-refractivity contribution in [1.29, 1.82) is 0 Å². The Labute approximate surface area is 211 Å². The fourth-order valence-corrected chi connectivity index (χ4v) is 5.33. The Morgan fingerprint density at radius 2 is 1.94 bits per heavy atom. The number of aliphatic hydroxyl groups is 1. The summed E-state index contributed by atoms with van der Waals surface area (Å²) in [7, 11) is -4.41. The van der Waals surface area contributed by atoms with Gasteiger partial charge in [-0.3, -0.25) is 23.7 Å². The van der Waals surface area contributed by atoms with E-state index in [9.17, 15) is 24.1 Å². The highest BCUT2D eigenvalue weighted by Gasteiger charge is 2.44. The summed E-state index contributed by atoms with van der Waals surface area (Å²) in [5.74, 6) is -2.35. The van der Waals surface area contributed by atoms with Crippen LogP contribution < -0.4 is 15.8 Å². The molecule has 0 aliphatic carbocycles. The van der Waals surface area contributed by atoms with Crippen molar-refractivity contribution in [1.82, 2.24) is 9.55 Å². The lowest BCUT2D eigenvalue weighted by Gasteiger charge is -2.24. The van der Waals surface area contributed by atoms with Gasteiger partial charge in [0.1, 0.15) is 18.1 Å². The molecule has 0 spiro atoms. The molecule has 1 saturated heterocycles. The molecule has 1 aliphatic heterocycles. The summed E-state index contributed by atoms with van der Waals surface area (Å²) in [6, 6.07) is 7.92. The minimum atomic E-state index is -4.41. The van der Waals surface area contributed by atoms with Crippen LogP contribution in [-0.2, 0) is 23.4 Å². The van der Waals surface area contributed by atoms with Crippen LogP contribution in [0.2, 0.25) is 0 Å². The molecular formula is C24H33N2O9P. The maximum absolute atomic E-state index is 13.9. The third-order valence-corrected chi connectivity index (χ3v) is 7.42. The Kier molecular flexibility index (Phi) is 8.01. The number of carbonyl (C=O) groups is 1. The van der Waals surface area contributed by atoms with Crippen molar-refractivity contribution in [3.63, 3.8) is 0 Å². The van der Waals surface area contributed by atoms with Gasteiger partial charge >= 0.3 is 19.3 Å². The largest absolute Gasteiger partial charge is 0.463 e. The second kappa shape index (κ2) is 11.6. The molecule has 1 aromatic heterocycles. The van der Waals surface area contributed by atoms with Crippen molar-refractivity contribution in [2.24, 2.45) is 11.8 Å². The minimum absolute atomic E-state index is 0.116. The number of hydrogen-bond acceptors (Lipinski definition) is 9. The average molecular weight is 527 g/mol. The summed E-state index contributed by atoms with van der Waals surface area (Å²) in [6.07, 6.45) is -4.06. The van der Waals surface area contributed by atoms with Gasteiger partial charge in [-0.15, -0.1) is 0 Å². The van der Waals surface area contributed by atoms with Gasteiger partial charge in [-0.2, -0.15) is 0 Å². The van der Waals surface area contributed by atoms with Crippen molar-refractivity contribution in [3.8, 4) is 5.75 Å². The van der Waals surface area contributed by atoms with E-state index in [1.165, 1.54) is 39.1 Å². The number of carbonyl (C=O) groups excluding carboxylic acids is 1. The van der Waals surface area contributed by atoms with Crippen LogP contribution in [0.25, 0.3) is 0 Å². The van der Waals surface area contributed by atoms with Crippen molar-refractivity contribution >= 4 is 13.6 Å². The molecule has 6 atom stereocenters. The van der Waals surface area contributed by atoms with Crippen LogP contribution in [0.1, 0.15) is 42.2 Å². The fourth-order valence-electron chi connectivity index (χ4n) is 3.62. The molecular weight excluding hydrogens is 491 g/mol. The van der Waals surface area contributed by atoms with Gasteiger partial charge < -0.3 is 19.1 Å². The molecule has 1 aromatic carbocycles. The van der Waals surface area contributed by atoms with Crippen LogP contribution in [-0.4, -0.2) is 51.7 Å². The van der Waals surface area contributed by atoms with Crippen molar-refractivity contribution in [3.05, 3.63) is 62.9 Å². The second-order valence-corrected chi connectivity index (χ2v) is 11.0. The highest BCUT2D eigenvalue weighted by molar-refractivity contribution is 7.54. The zero-order valence-corrected chi connectivity index (χ0v) is 21.6. The van der Waals surface area contributed by atoms with Gasteiger partial charge in [-0.05, 0) is 32.9 Å². The number of ether oxygens (including phenoxy) is 2. The quantitative estimate of drug-likeness (QED) is 0.352. The van der Waals surface area contributed by atoms with Crippen molar-refractivity contribution in [2.75, 3.05) is 12.7 Å². The lowest BCUT2D eigenvalue weighted by Crippen LogP contribution is -2.35. The van der Waals surface area contributed by atoms with Gasteiger partial charge in [-0.1, -0.05) is 32.0 Å². The summed E-state index contributed by atoms with van der Waals surface area (Å²) < 4.78 is 54.0.